The maximum atomic E-state index is 13.0. The maximum absolute atomic E-state index is 13.0. The number of fused-ring (bicyclic) bond motifs is 1. The fourth-order valence-electron chi connectivity index (χ4n) is 2.60. The van der Waals surface area contributed by atoms with Crippen LogP contribution in [0.25, 0.3) is 10.2 Å². The van der Waals surface area contributed by atoms with E-state index in [-0.39, 0.29) is 18.2 Å². The first-order chi connectivity index (χ1) is 12.7. The Morgan fingerprint density at radius 2 is 2.07 bits per heavy atom. The first-order valence-corrected chi connectivity index (χ1v) is 8.93. The van der Waals surface area contributed by atoms with E-state index < -0.39 is 6.11 Å². The number of nitrogen functional groups attached to an aromatic ring is 1. The van der Waals surface area contributed by atoms with Crippen molar-refractivity contribution in [3.8, 4) is 5.75 Å². The summed E-state index contributed by atoms with van der Waals surface area (Å²) < 4.78 is 30.5. The zero-order chi connectivity index (χ0) is 19.8. The highest BCUT2D eigenvalue weighted by molar-refractivity contribution is 7.21. The molecule has 9 heteroatoms. The lowest BCUT2D eigenvalue weighted by Crippen LogP contribution is -2.23. The Labute approximate surface area is 158 Å². The van der Waals surface area contributed by atoms with Gasteiger partial charge in [-0.2, -0.15) is 13.9 Å². The number of carbonyl (C=O) groups is 1. The SMILES string of the molecule is Cc1nnc2sc(C(=O)NCc3cccc(OC(C)(F)F)c3)c(N)c2c1C. The Hall–Kier alpha value is -2.81. The van der Waals surface area contributed by atoms with Crippen molar-refractivity contribution >= 4 is 33.1 Å². The molecule has 0 spiro atoms. The summed E-state index contributed by atoms with van der Waals surface area (Å²) in [5.41, 5.74) is 8.78. The molecule has 0 aliphatic carbocycles. The number of rotatable bonds is 5. The summed E-state index contributed by atoms with van der Waals surface area (Å²) >= 11 is 1.17. The standard InChI is InChI=1S/C18H18F2N4O2S/c1-9-10(2)23-24-17-13(9)14(21)15(27-17)16(25)22-8-11-5-4-6-12(7-11)26-18(3,19)20/h4-7H,8,21H2,1-3H3,(H,22,25). The van der Waals surface area contributed by atoms with Crippen LogP contribution in [-0.4, -0.2) is 22.2 Å². The molecule has 3 rings (SSSR count). The lowest BCUT2D eigenvalue weighted by Gasteiger charge is -2.13. The molecule has 2 heterocycles. The molecule has 0 bridgehead atoms. The van der Waals surface area contributed by atoms with Crippen LogP contribution in [0.1, 0.15) is 33.4 Å². The van der Waals surface area contributed by atoms with Crippen molar-refractivity contribution in [3.05, 3.63) is 46.0 Å². The zero-order valence-electron chi connectivity index (χ0n) is 15.0. The number of amides is 1. The van der Waals surface area contributed by atoms with Gasteiger partial charge in [-0.1, -0.05) is 12.1 Å². The zero-order valence-corrected chi connectivity index (χ0v) is 15.8. The Balaban J connectivity index is 1.77. The molecule has 3 aromatic rings. The number of carbonyl (C=O) groups excluding carboxylic acids is 1. The second kappa shape index (κ2) is 7.07. The minimum Gasteiger partial charge on any atom is -0.433 e. The molecule has 0 radical (unpaired) electrons. The molecular formula is C18H18F2N4O2S. The van der Waals surface area contributed by atoms with E-state index in [2.05, 4.69) is 20.3 Å². The molecule has 142 valence electrons. The molecule has 1 amide bonds. The molecule has 0 aliphatic rings. The van der Waals surface area contributed by atoms with Crippen molar-refractivity contribution < 1.29 is 18.3 Å². The molecule has 0 fully saturated rings. The fourth-order valence-corrected chi connectivity index (χ4v) is 3.61. The predicted octanol–water partition coefficient (Wildman–Crippen LogP) is 3.81. The van der Waals surface area contributed by atoms with Crippen LogP contribution in [-0.2, 0) is 6.54 Å². The second-order valence-corrected chi connectivity index (χ2v) is 7.17. The Bertz CT molecular complexity index is 1010. The third-order valence-corrected chi connectivity index (χ3v) is 5.08. The number of hydrogen-bond donors (Lipinski definition) is 2. The number of anilines is 1. The number of aryl methyl sites for hydroxylation is 2. The highest BCUT2D eigenvalue weighted by atomic mass is 32.1. The number of halogens is 2. The summed E-state index contributed by atoms with van der Waals surface area (Å²) in [5.74, 6) is -0.336. The Morgan fingerprint density at radius 1 is 1.33 bits per heavy atom. The average molecular weight is 392 g/mol. The van der Waals surface area contributed by atoms with Gasteiger partial charge in [-0.15, -0.1) is 16.4 Å². The van der Waals surface area contributed by atoms with Gasteiger partial charge >= 0.3 is 6.11 Å². The van der Waals surface area contributed by atoms with E-state index in [0.29, 0.717) is 27.9 Å². The topological polar surface area (TPSA) is 90.1 Å². The molecule has 0 saturated heterocycles. The highest BCUT2D eigenvalue weighted by Crippen LogP contribution is 2.34. The minimum atomic E-state index is -3.27. The number of ether oxygens (including phenoxy) is 1. The third-order valence-electron chi connectivity index (χ3n) is 3.99. The molecule has 27 heavy (non-hydrogen) atoms. The summed E-state index contributed by atoms with van der Waals surface area (Å²) in [4.78, 5) is 13.5. The van der Waals surface area contributed by atoms with Crippen LogP contribution >= 0.6 is 11.3 Å². The van der Waals surface area contributed by atoms with Crippen molar-refractivity contribution in [2.45, 2.75) is 33.4 Å². The fraction of sp³-hybridized carbons (Fsp3) is 0.278. The van der Waals surface area contributed by atoms with E-state index in [1.165, 1.54) is 23.5 Å². The number of hydrogen-bond acceptors (Lipinski definition) is 6. The van der Waals surface area contributed by atoms with Gasteiger partial charge in [0, 0.05) is 18.9 Å². The number of alkyl halides is 2. The number of nitrogens with two attached hydrogens (primary N) is 1. The van der Waals surface area contributed by atoms with Gasteiger partial charge < -0.3 is 15.8 Å². The average Bonchev–Trinajstić information content (AvgIpc) is 2.92. The van der Waals surface area contributed by atoms with Gasteiger partial charge in [0.2, 0.25) is 0 Å². The first kappa shape index (κ1) is 19.0. The minimum absolute atomic E-state index is 0.0250. The van der Waals surface area contributed by atoms with E-state index in [4.69, 9.17) is 5.73 Å². The largest absolute Gasteiger partial charge is 0.433 e. The Kier molecular flexibility index (Phi) is 4.97. The van der Waals surface area contributed by atoms with Gasteiger partial charge in [0.15, 0.2) is 0 Å². The molecule has 6 nitrogen and oxygen atoms in total. The monoisotopic (exact) mass is 392 g/mol. The summed E-state index contributed by atoms with van der Waals surface area (Å²) in [6.45, 7) is 4.51. The second-order valence-electron chi connectivity index (χ2n) is 6.18. The molecule has 0 atom stereocenters. The molecule has 0 aliphatic heterocycles. The molecule has 3 N–H and O–H groups in total. The van der Waals surface area contributed by atoms with Crippen LogP contribution in [0, 0.1) is 13.8 Å². The first-order valence-electron chi connectivity index (χ1n) is 8.11. The van der Waals surface area contributed by atoms with Gasteiger partial charge in [-0.25, -0.2) is 0 Å². The van der Waals surface area contributed by atoms with E-state index in [0.717, 1.165) is 16.6 Å². The van der Waals surface area contributed by atoms with Crippen molar-refractivity contribution in [1.29, 1.82) is 0 Å². The summed E-state index contributed by atoms with van der Waals surface area (Å²) in [6, 6.07) is 6.16. The van der Waals surface area contributed by atoms with Crippen LogP contribution in [0.4, 0.5) is 14.5 Å². The summed E-state index contributed by atoms with van der Waals surface area (Å²) in [7, 11) is 0. The van der Waals surface area contributed by atoms with Crippen LogP contribution in [0.2, 0.25) is 0 Å². The van der Waals surface area contributed by atoms with Crippen LogP contribution in [0.3, 0.4) is 0 Å². The number of benzene rings is 1. The lowest BCUT2D eigenvalue weighted by molar-refractivity contribution is -0.158. The summed E-state index contributed by atoms with van der Waals surface area (Å²) in [6.07, 6.45) is -3.27. The summed E-state index contributed by atoms with van der Waals surface area (Å²) in [5, 5.41) is 11.6. The molecule has 1 aromatic carbocycles. The van der Waals surface area contributed by atoms with Crippen LogP contribution in [0.5, 0.6) is 5.75 Å². The van der Waals surface area contributed by atoms with Crippen LogP contribution in [0.15, 0.2) is 24.3 Å². The van der Waals surface area contributed by atoms with Gasteiger partial charge in [0.25, 0.3) is 5.91 Å². The van der Waals surface area contributed by atoms with Crippen molar-refractivity contribution in [2.24, 2.45) is 0 Å². The number of thiophene rings is 1. The smallest absolute Gasteiger partial charge is 0.394 e. The van der Waals surface area contributed by atoms with Crippen molar-refractivity contribution in [2.75, 3.05) is 5.73 Å². The Morgan fingerprint density at radius 3 is 2.78 bits per heavy atom. The molecule has 0 unspecified atom stereocenters. The van der Waals surface area contributed by atoms with Gasteiger partial charge in [-0.3, -0.25) is 4.79 Å². The van der Waals surface area contributed by atoms with Crippen LogP contribution < -0.4 is 15.8 Å². The van der Waals surface area contributed by atoms with Gasteiger partial charge in [-0.05, 0) is 37.1 Å². The molecular weight excluding hydrogens is 374 g/mol. The number of nitrogens with zero attached hydrogens (tertiary/aromatic N) is 2. The maximum Gasteiger partial charge on any atom is 0.394 e. The highest BCUT2D eigenvalue weighted by Gasteiger charge is 2.23. The van der Waals surface area contributed by atoms with Crippen molar-refractivity contribution in [3.63, 3.8) is 0 Å². The number of nitrogens with one attached hydrogen (secondary N) is 1. The van der Waals surface area contributed by atoms with E-state index in [1.807, 2.05) is 13.8 Å². The predicted molar refractivity (Wildman–Crippen MR) is 100 cm³/mol. The molecule has 2 aromatic heterocycles. The van der Waals surface area contributed by atoms with Gasteiger partial charge in [0.05, 0.1) is 11.4 Å². The van der Waals surface area contributed by atoms with E-state index >= 15 is 0 Å². The van der Waals surface area contributed by atoms with E-state index in [9.17, 15) is 13.6 Å². The molecule has 0 saturated carbocycles. The number of aromatic nitrogens is 2. The van der Waals surface area contributed by atoms with Gasteiger partial charge in [0.1, 0.15) is 15.5 Å². The third kappa shape index (κ3) is 4.13. The van der Waals surface area contributed by atoms with Crippen molar-refractivity contribution in [1.82, 2.24) is 15.5 Å². The quantitative estimate of drug-likeness (QED) is 0.689. The normalized spacial score (nSPS) is 11.6. The van der Waals surface area contributed by atoms with E-state index in [1.54, 1.807) is 12.1 Å². The lowest BCUT2D eigenvalue weighted by atomic mass is 10.1.